The smallest absolute Gasteiger partial charge is 0.330 e. The highest BCUT2D eigenvalue weighted by atomic mass is 16.5. The van der Waals surface area contributed by atoms with Crippen LogP contribution in [0.3, 0.4) is 0 Å². The number of nitrogen functional groups attached to an aromatic ring is 1. The second kappa shape index (κ2) is 11.8. The first-order chi connectivity index (χ1) is 16.8. The van der Waals surface area contributed by atoms with Crippen LogP contribution in [0.15, 0.2) is 64.2 Å². The number of ketones is 1. The van der Waals surface area contributed by atoms with Gasteiger partial charge >= 0.3 is 5.69 Å². The molecule has 184 valence electrons. The SMILES string of the molecule is COCCCN(C(=O)CNc1cccc(C(C)=O)c1)c1c(N)n(Cc2ccccc2)c(=O)[nH]c1=O. The number of carbonyl (C=O) groups is 2. The fourth-order valence-electron chi connectivity index (χ4n) is 3.61. The Hall–Kier alpha value is -4.18. The molecular weight excluding hydrogens is 450 g/mol. The minimum absolute atomic E-state index is 0.0962. The number of nitrogens with zero attached hydrogens (tertiary/aromatic N) is 2. The van der Waals surface area contributed by atoms with E-state index in [-0.39, 0.29) is 36.9 Å². The Kier molecular flexibility index (Phi) is 8.58. The third kappa shape index (κ3) is 6.45. The van der Waals surface area contributed by atoms with Crippen molar-refractivity contribution in [1.29, 1.82) is 0 Å². The van der Waals surface area contributed by atoms with Crippen LogP contribution in [0.1, 0.15) is 29.3 Å². The molecular formula is C25H29N5O5. The fraction of sp³-hybridized carbons (Fsp3) is 0.280. The van der Waals surface area contributed by atoms with E-state index in [0.717, 1.165) is 5.56 Å². The number of hydrogen-bond acceptors (Lipinski definition) is 7. The first kappa shape index (κ1) is 25.4. The Morgan fingerprint density at radius 2 is 1.86 bits per heavy atom. The Balaban J connectivity index is 1.92. The number of H-pyrrole nitrogens is 1. The van der Waals surface area contributed by atoms with Gasteiger partial charge in [0.05, 0.1) is 13.1 Å². The van der Waals surface area contributed by atoms with Gasteiger partial charge in [-0.2, -0.15) is 0 Å². The number of nitrogens with one attached hydrogen (secondary N) is 2. The van der Waals surface area contributed by atoms with Gasteiger partial charge in [-0.25, -0.2) is 4.79 Å². The number of hydrogen-bond donors (Lipinski definition) is 3. The van der Waals surface area contributed by atoms with E-state index in [1.165, 1.54) is 23.5 Å². The average molecular weight is 480 g/mol. The molecule has 3 aromatic rings. The van der Waals surface area contributed by atoms with Gasteiger partial charge in [0.25, 0.3) is 5.56 Å². The van der Waals surface area contributed by atoms with Crippen LogP contribution in [0.2, 0.25) is 0 Å². The normalized spacial score (nSPS) is 10.7. The van der Waals surface area contributed by atoms with Crippen LogP contribution in [-0.4, -0.2) is 48.0 Å². The van der Waals surface area contributed by atoms with Gasteiger partial charge < -0.3 is 20.7 Å². The van der Waals surface area contributed by atoms with Crippen LogP contribution in [0.4, 0.5) is 17.2 Å². The molecule has 1 amide bonds. The van der Waals surface area contributed by atoms with Crippen LogP contribution in [-0.2, 0) is 16.1 Å². The summed E-state index contributed by atoms with van der Waals surface area (Å²) in [5.74, 6) is -0.635. The quantitative estimate of drug-likeness (QED) is 0.282. The lowest BCUT2D eigenvalue weighted by atomic mass is 10.1. The van der Waals surface area contributed by atoms with Crippen molar-refractivity contribution >= 4 is 28.9 Å². The molecule has 1 aromatic heterocycles. The Morgan fingerprint density at radius 3 is 2.54 bits per heavy atom. The number of nitrogens with two attached hydrogens (primary N) is 1. The lowest BCUT2D eigenvalue weighted by Gasteiger charge is -2.25. The lowest BCUT2D eigenvalue weighted by Crippen LogP contribution is -2.44. The number of rotatable bonds is 11. The molecule has 0 unspecified atom stereocenters. The largest absolute Gasteiger partial charge is 0.385 e. The van der Waals surface area contributed by atoms with Crippen LogP contribution < -0.4 is 27.2 Å². The maximum Gasteiger partial charge on any atom is 0.330 e. The number of ether oxygens (including phenoxy) is 1. The highest BCUT2D eigenvalue weighted by molar-refractivity contribution is 5.98. The van der Waals surface area contributed by atoms with E-state index >= 15 is 0 Å². The molecule has 0 saturated heterocycles. The minimum atomic E-state index is -0.749. The summed E-state index contributed by atoms with van der Waals surface area (Å²) >= 11 is 0. The van der Waals surface area contributed by atoms with Gasteiger partial charge in [0.1, 0.15) is 5.82 Å². The maximum atomic E-state index is 13.2. The van der Waals surface area contributed by atoms with Crippen LogP contribution in [0, 0.1) is 0 Å². The summed E-state index contributed by atoms with van der Waals surface area (Å²) in [6.07, 6.45) is 0.443. The lowest BCUT2D eigenvalue weighted by molar-refractivity contribution is -0.117. The second-order valence-corrected chi connectivity index (χ2v) is 7.95. The number of benzene rings is 2. The Morgan fingerprint density at radius 1 is 1.11 bits per heavy atom. The fourth-order valence-corrected chi connectivity index (χ4v) is 3.61. The number of Topliss-reactive ketones (excluding diaryl/α,β-unsaturated/α-hetero) is 1. The summed E-state index contributed by atoms with van der Waals surface area (Å²) in [5, 5.41) is 2.99. The van der Waals surface area contributed by atoms with Gasteiger partial charge in [-0.05, 0) is 31.0 Å². The van der Waals surface area contributed by atoms with Gasteiger partial charge in [0, 0.05) is 31.5 Å². The van der Waals surface area contributed by atoms with Crippen LogP contribution in [0.5, 0.6) is 0 Å². The maximum absolute atomic E-state index is 13.2. The van der Waals surface area contributed by atoms with Crippen LogP contribution >= 0.6 is 0 Å². The molecule has 0 aliphatic heterocycles. The molecule has 10 nitrogen and oxygen atoms in total. The predicted octanol–water partition coefficient (Wildman–Crippen LogP) is 1.85. The molecule has 0 spiro atoms. The number of methoxy groups -OCH3 is 1. The third-order valence-corrected chi connectivity index (χ3v) is 5.41. The predicted molar refractivity (Wildman–Crippen MR) is 135 cm³/mol. The Labute approximate surface area is 202 Å². The van der Waals surface area contributed by atoms with E-state index in [1.807, 2.05) is 30.3 Å². The highest BCUT2D eigenvalue weighted by Crippen LogP contribution is 2.19. The molecule has 2 aromatic carbocycles. The molecule has 10 heteroatoms. The molecule has 4 N–H and O–H groups in total. The second-order valence-electron chi connectivity index (χ2n) is 7.95. The molecule has 0 bridgehead atoms. The molecule has 1 heterocycles. The molecule has 0 aliphatic rings. The number of amides is 1. The summed E-state index contributed by atoms with van der Waals surface area (Å²) in [5.41, 5.74) is 6.69. The van der Waals surface area contributed by atoms with E-state index in [9.17, 15) is 19.2 Å². The van der Waals surface area contributed by atoms with Gasteiger partial charge in [-0.3, -0.25) is 23.9 Å². The van der Waals surface area contributed by atoms with E-state index in [1.54, 1.807) is 24.3 Å². The molecule has 3 rings (SSSR count). The van der Waals surface area contributed by atoms with Gasteiger partial charge in [0.2, 0.25) is 5.91 Å². The number of anilines is 3. The Bertz CT molecular complexity index is 1300. The molecule has 0 aliphatic carbocycles. The van der Waals surface area contributed by atoms with Crippen molar-refractivity contribution in [3.05, 3.63) is 86.6 Å². The van der Waals surface area contributed by atoms with Gasteiger partial charge in [-0.1, -0.05) is 42.5 Å². The molecule has 35 heavy (non-hydrogen) atoms. The van der Waals surface area contributed by atoms with Crippen LogP contribution in [0.25, 0.3) is 0 Å². The standard InChI is InChI=1S/C25H29N5O5/c1-17(31)19-10-6-11-20(14-19)27-15-21(32)29(12-7-13-35-2)22-23(26)30(25(34)28-24(22)33)16-18-8-4-3-5-9-18/h3-6,8-11,14,27H,7,12-13,15-16,26H2,1-2H3,(H,28,33,34). The average Bonchev–Trinajstić information content (AvgIpc) is 2.85. The minimum Gasteiger partial charge on any atom is -0.385 e. The zero-order valence-electron chi connectivity index (χ0n) is 19.7. The van der Waals surface area contributed by atoms with E-state index in [2.05, 4.69) is 10.3 Å². The number of carbonyl (C=O) groups excluding carboxylic acids is 2. The summed E-state index contributed by atoms with van der Waals surface area (Å²) in [6, 6.07) is 15.9. The first-order valence-electron chi connectivity index (χ1n) is 11.1. The topological polar surface area (TPSA) is 140 Å². The summed E-state index contributed by atoms with van der Waals surface area (Å²) in [4.78, 5) is 53.8. The van der Waals surface area contributed by atoms with Crippen molar-refractivity contribution < 1.29 is 14.3 Å². The molecule has 0 saturated carbocycles. The van der Waals surface area contributed by atoms with Crippen molar-refractivity contribution in [3.63, 3.8) is 0 Å². The van der Waals surface area contributed by atoms with Crippen molar-refractivity contribution in [2.24, 2.45) is 0 Å². The van der Waals surface area contributed by atoms with E-state index in [4.69, 9.17) is 10.5 Å². The first-order valence-corrected chi connectivity index (χ1v) is 11.1. The molecule has 0 atom stereocenters. The molecule has 0 fully saturated rings. The zero-order chi connectivity index (χ0) is 25.4. The number of aromatic amines is 1. The molecule has 0 radical (unpaired) electrons. The summed E-state index contributed by atoms with van der Waals surface area (Å²) in [7, 11) is 1.54. The zero-order valence-corrected chi connectivity index (χ0v) is 19.7. The highest BCUT2D eigenvalue weighted by Gasteiger charge is 2.24. The van der Waals surface area contributed by atoms with Gasteiger partial charge in [-0.15, -0.1) is 0 Å². The van der Waals surface area contributed by atoms with Crippen molar-refractivity contribution in [2.45, 2.75) is 19.9 Å². The van der Waals surface area contributed by atoms with Crippen molar-refractivity contribution in [2.75, 3.05) is 42.8 Å². The summed E-state index contributed by atoms with van der Waals surface area (Å²) < 4.78 is 6.33. The van der Waals surface area contributed by atoms with Crippen molar-refractivity contribution in [3.8, 4) is 0 Å². The van der Waals surface area contributed by atoms with E-state index in [0.29, 0.717) is 24.3 Å². The van der Waals surface area contributed by atoms with Gasteiger partial charge in [0.15, 0.2) is 11.5 Å². The third-order valence-electron chi connectivity index (χ3n) is 5.41. The summed E-state index contributed by atoms with van der Waals surface area (Å²) in [6.45, 7) is 1.94. The van der Waals surface area contributed by atoms with Crippen molar-refractivity contribution in [1.82, 2.24) is 9.55 Å². The van der Waals surface area contributed by atoms with E-state index < -0.39 is 17.2 Å². The number of aromatic nitrogens is 2. The monoisotopic (exact) mass is 479 g/mol.